The predicted octanol–water partition coefficient (Wildman–Crippen LogP) is 1.68. The summed E-state index contributed by atoms with van der Waals surface area (Å²) >= 11 is 1.66. The lowest BCUT2D eigenvalue weighted by Gasteiger charge is -2.36. The van der Waals surface area contributed by atoms with Crippen LogP contribution in [0, 0.1) is 0 Å². The first kappa shape index (κ1) is 15.4. The third-order valence-electron chi connectivity index (χ3n) is 2.86. The zero-order chi connectivity index (χ0) is 12.3. The molecule has 6 heteroatoms. The van der Waals surface area contributed by atoms with Gasteiger partial charge in [-0.3, -0.25) is 4.79 Å². The maximum Gasteiger partial charge on any atom is 0.236 e. The summed E-state index contributed by atoms with van der Waals surface area (Å²) in [6.07, 6.45) is 0.111. The predicted molar refractivity (Wildman–Crippen MR) is 75.4 cm³/mol. The van der Waals surface area contributed by atoms with E-state index in [1.54, 1.807) is 18.4 Å². The van der Waals surface area contributed by atoms with Crippen LogP contribution in [0.25, 0.3) is 0 Å². The number of morpholine rings is 1. The highest BCUT2D eigenvalue weighted by molar-refractivity contribution is 7.07. The molecule has 102 valence electrons. The van der Waals surface area contributed by atoms with Crippen LogP contribution in [0.15, 0.2) is 16.8 Å². The highest BCUT2D eigenvalue weighted by Gasteiger charge is 2.28. The molecule has 0 aromatic carbocycles. The van der Waals surface area contributed by atoms with E-state index in [2.05, 4.69) is 16.8 Å². The van der Waals surface area contributed by atoms with Gasteiger partial charge in [0.2, 0.25) is 5.91 Å². The number of nitrogens with zero attached hydrogens (tertiary/aromatic N) is 1. The zero-order valence-electron chi connectivity index (χ0n) is 10.6. The molecule has 1 aliphatic heterocycles. The highest BCUT2D eigenvalue weighted by atomic mass is 35.5. The number of likely N-dealkylation sites (N-methyl/N-ethyl adjacent to an activating group) is 1. The molecule has 2 rings (SSSR count). The van der Waals surface area contributed by atoms with Crippen molar-refractivity contribution in [3.8, 4) is 0 Å². The number of rotatable bonds is 3. The molecule has 1 N–H and O–H groups in total. The molecule has 1 aromatic rings. The zero-order valence-corrected chi connectivity index (χ0v) is 12.2. The molecule has 18 heavy (non-hydrogen) atoms. The maximum absolute atomic E-state index is 11.9. The van der Waals surface area contributed by atoms with Gasteiger partial charge in [0.15, 0.2) is 0 Å². The van der Waals surface area contributed by atoms with Gasteiger partial charge < -0.3 is 15.0 Å². The van der Waals surface area contributed by atoms with Gasteiger partial charge in [-0.1, -0.05) is 0 Å². The van der Waals surface area contributed by atoms with Crippen LogP contribution < -0.4 is 5.32 Å². The molecule has 0 aliphatic carbocycles. The molecule has 1 saturated heterocycles. The molecule has 0 saturated carbocycles. The van der Waals surface area contributed by atoms with E-state index in [-0.39, 0.29) is 30.5 Å². The second-order valence-electron chi connectivity index (χ2n) is 4.32. The molecule has 1 amide bonds. The monoisotopic (exact) mass is 290 g/mol. The Morgan fingerprint density at radius 3 is 3.00 bits per heavy atom. The van der Waals surface area contributed by atoms with E-state index in [0.29, 0.717) is 19.6 Å². The molecule has 2 heterocycles. The van der Waals surface area contributed by atoms with Crippen molar-refractivity contribution < 1.29 is 9.53 Å². The summed E-state index contributed by atoms with van der Waals surface area (Å²) in [4.78, 5) is 13.8. The topological polar surface area (TPSA) is 41.6 Å². The Bertz CT molecular complexity index is 372. The molecule has 0 radical (unpaired) electrons. The van der Waals surface area contributed by atoms with Gasteiger partial charge in [0.1, 0.15) is 6.10 Å². The smallest absolute Gasteiger partial charge is 0.236 e. The van der Waals surface area contributed by atoms with Gasteiger partial charge in [-0.15, -0.1) is 12.4 Å². The molecular weight excluding hydrogens is 272 g/mol. The molecule has 4 nitrogen and oxygen atoms in total. The number of hydrogen-bond donors (Lipinski definition) is 1. The summed E-state index contributed by atoms with van der Waals surface area (Å²) in [5, 5.41) is 7.03. The molecule has 0 spiro atoms. The van der Waals surface area contributed by atoms with Crippen LogP contribution in [0.3, 0.4) is 0 Å². The molecule has 1 aromatic heterocycles. The summed E-state index contributed by atoms with van der Waals surface area (Å²) in [6, 6.07) is 2.06. The van der Waals surface area contributed by atoms with Crippen molar-refractivity contribution in [2.75, 3.05) is 26.7 Å². The summed E-state index contributed by atoms with van der Waals surface area (Å²) in [6.45, 7) is 3.74. The minimum Gasteiger partial charge on any atom is -0.367 e. The lowest BCUT2D eigenvalue weighted by Crippen LogP contribution is -2.48. The van der Waals surface area contributed by atoms with Crippen LogP contribution >= 0.6 is 23.7 Å². The first-order valence-electron chi connectivity index (χ1n) is 5.80. The fourth-order valence-corrected chi connectivity index (χ4v) is 2.76. The van der Waals surface area contributed by atoms with Crippen LogP contribution in [0.1, 0.15) is 18.6 Å². The number of nitrogens with one attached hydrogen (secondary N) is 1. The van der Waals surface area contributed by atoms with Crippen molar-refractivity contribution in [1.29, 1.82) is 0 Å². The SMILES string of the molecule is CNCC(=O)N1CC(C)OC(c2ccsc2)C1.Cl. The third-order valence-corrected chi connectivity index (χ3v) is 3.56. The lowest BCUT2D eigenvalue weighted by atomic mass is 10.1. The van der Waals surface area contributed by atoms with Gasteiger partial charge >= 0.3 is 0 Å². The van der Waals surface area contributed by atoms with Gasteiger partial charge in [0.25, 0.3) is 0 Å². The van der Waals surface area contributed by atoms with Crippen LogP contribution in [0.4, 0.5) is 0 Å². The van der Waals surface area contributed by atoms with E-state index >= 15 is 0 Å². The van der Waals surface area contributed by atoms with Crippen molar-refractivity contribution in [1.82, 2.24) is 10.2 Å². The highest BCUT2D eigenvalue weighted by Crippen LogP contribution is 2.26. The summed E-state index contributed by atoms with van der Waals surface area (Å²) in [5.74, 6) is 0.142. The van der Waals surface area contributed by atoms with E-state index in [4.69, 9.17) is 4.74 Å². The molecule has 2 atom stereocenters. The van der Waals surface area contributed by atoms with Crippen LogP contribution in [-0.4, -0.2) is 43.6 Å². The minimum atomic E-state index is 0. The Morgan fingerprint density at radius 1 is 1.61 bits per heavy atom. The number of amides is 1. The normalized spacial score (nSPS) is 23.6. The Hall–Kier alpha value is -0.620. The first-order valence-corrected chi connectivity index (χ1v) is 6.75. The van der Waals surface area contributed by atoms with Crippen LogP contribution in [-0.2, 0) is 9.53 Å². The maximum atomic E-state index is 11.9. The van der Waals surface area contributed by atoms with Crippen molar-refractivity contribution in [3.63, 3.8) is 0 Å². The number of carbonyl (C=O) groups excluding carboxylic acids is 1. The molecular formula is C12H19ClN2O2S. The molecule has 2 unspecified atom stereocenters. The Labute approximate surface area is 118 Å². The van der Waals surface area contributed by atoms with Gasteiger partial charge in [-0.05, 0) is 36.4 Å². The van der Waals surface area contributed by atoms with Crippen LogP contribution in [0.5, 0.6) is 0 Å². The average Bonchev–Trinajstić information content (AvgIpc) is 2.82. The quantitative estimate of drug-likeness (QED) is 0.921. The number of ether oxygens (including phenoxy) is 1. The minimum absolute atomic E-state index is 0. The number of thiophene rings is 1. The van der Waals surface area contributed by atoms with Crippen LogP contribution in [0.2, 0.25) is 0 Å². The second kappa shape index (κ2) is 7.09. The Kier molecular flexibility index (Phi) is 6.08. The van der Waals surface area contributed by atoms with E-state index in [0.717, 1.165) is 0 Å². The lowest BCUT2D eigenvalue weighted by molar-refractivity contribution is -0.143. The van der Waals surface area contributed by atoms with Crippen molar-refractivity contribution >= 4 is 29.7 Å². The van der Waals surface area contributed by atoms with E-state index < -0.39 is 0 Å². The third kappa shape index (κ3) is 3.68. The Morgan fingerprint density at radius 2 is 2.39 bits per heavy atom. The fraction of sp³-hybridized carbons (Fsp3) is 0.583. The average molecular weight is 291 g/mol. The summed E-state index contributed by atoms with van der Waals surface area (Å²) in [5.41, 5.74) is 1.17. The van der Waals surface area contributed by atoms with Crippen molar-refractivity contribution in [3.05, 3.63) is 22.4 Å². The number of halogens is 1. The summed E-state index contributed by atoms with van der Waals surface area (Å²) < 4.78 is 5.88. The summed E-state index contributed by atoms with van der Waals surface area (Å²) in [7, 11) is 1.79. The van der Waals surface area contributed by atoms with E-state index in [1.807, 2.05) is 17.2 Å². The molecule has 1 fully saturated rings. The van der Waals surface area contributed by atoms with E-state index in [9.17, 15) is 4.79 Å². The van der Waals surface area contributed by atoms with Gasteiger partial charge in [-0.2, -0.15) is 11.3 Å². The fourth-order valence-electron chi connectivity index (χ4n) is 2.06. The molecule has 1 aliphatic rings. The number of hydrogen-bond acceptors (Lipinski definition) is 4. The first-order chi connectivity index (χ1) is 8.20. The largest absolute Gasteiger partial charge is 0.367 e. The van der Waals surface area contributed by atoms with Gasteiger partial charge in [0.05, 0.1) is 19.2 Å². The van der Waals surface area contributed by atoms with Crippen molar-refractivity contribution in [2.24, 2.45) is 0 Å². The number of carbonyl (C=O) groups is 1. The second-order valence-corrected chi connectivity index (χ2v) is 5.10. The van der Waals surface area contributed by atoms with E-state index in [1.165, 1.54) is 5.56 Å². The van der Waals surface area contributed by atoms with Gasteiger partial charge in [-0.25, -0.2) is 0 Å². The van der Waals surface area contributed by atoms with Gasteiger partial charge in [0, 0.05) is 6.54 Å². The Balaban J connectivity index is 0.00000162. The standard InChI is InChI=1S/C12H18N2O2S.ClH/c1-9-6-14(12(15)5-13-2)7-11(16-9)10-3-4-17-8-10;/h3-4,8-9,11,13H,5-7H2,1-2H3;1H. The molecule has 0 bridgehead atoms. The van der Waals surface area contributed by atoms with Crippen molar-refractivity contribution in [2.45, 2.75) is 19.1 Å².